The molecule has 1 aromatic heterocycles. The summed E-state index contributed by atoms with van der Waals surface area (Å²) in [7, 11) is 0. The molecule has 0 bridgehead atoms. The SMILES string of the molecule is C=CC[NH+](Cc1cccn1Cc1ccccc1F)C[C@H](O)COC(=O)CCC. The number of nitrogens with zero attached hydrogens (tertiary/aromatic N) is 1. The molecule has 0 fully saturated rings. The first kappa shape index (κ1) is 21.9. The molecule has 0 aliphatic carbocycles. The molecule has 0 spiro atoms. The lowest BCUT2D eigenvalue weighted by molar-refractivity contribution is -0.911. The number of hydrogen-bond donors (Lipinski definition) is 2. The van der Waals surface area contributed by atoms with Gasteiger partial charge in [0.1, 0.15) is 31.6 Å². The number of aromatic nitrogens is 1. The molecule has 6 heteroatoms. The van der Waals surface area contributed by atoms with E-state index in [1.165, 1.54) is 6.07 Å². The van der Waals surface area contributed by atoms with Crippen molar-refractivity contribution in [2.75, 3.05) is 19.7 Å². The highest BCUT2D eigenvalue weighted by atomic mass is 19.1. The predicted octanol–water partition coefficient (Wildman–Crippen LogP) is 1.95. The Morgan fingerprint density at radius 2 is 2.14 bits per heavy atom. The van der Waals surface area contributed by atoms with Crippen LogP contribution in [0.2, 0.25) is 0 Å². The van der Waals surface area contributed by atoms with E-state index in [9.17, 15) is 14.3 Å². The summed E-state index contributed by atoms with van der Waals surface area (Å²) in [6.45, 7) is 7.88. The van der Waals surface area contributed by atoms with Crippen LogP contribution in [0, 0.1) is 5.82 Å². The lowest BCUT2D eigenvalue weighted by Crippen LogP contribution is -3.11. The van der Waals surface area contributed by atoms with Crippen molar-refractivity contribution < 1.29 is 23.9 Å². The molecule has 0 saturated heterocycles. The number of nitrogens with one attached hydrogen (secondary N) is 1. The number of esters is 1. The van der Waals surface area contributed by atoms with Crippen LogP contribution < -0.4 is 4.90 Å². The zero-order valence-electron chi connectivity index (χ0n) is 16.4. The van der Waals surface area contributed by atoms with Crippen LogP contribution in [0.5, 0.6) is 0 Å². The van der Waals surface area contributed by atoms with E-state index < -0.39 is 6.10 Å². The maximum Gasteiger partial charge on any atom is 0.305 e. The lowest BCUT2D eigenvalue weighted by atomic mass is 10.2. The maximum absolute atomic E-state index is 14.0. The summed E-state index contributed by atoms with van der Waals surface area (Å²) in [5.74, 6) is -0.507. The Bertz CT molecular complexity index is 760. The zero-order valence-corrected chi connectivity index (χ0v) is 16.4. The maximum atomic E-state index is 14.0. The molecule has 0 amide bonds. The number of hydrogen-bond acceptors (Lipinski definition) is 3. The average Bonchev–Trinajstić information content (AvgIpc) is 3.09. The summed E-state index contributed by atoms with van der Waals surface area (Å²) in [5.41, 5.74) is 1.67. The number of rotatable bonds is 12. The Kier molecular flexibility index (Phi) is 8.91. The predicted molar refractivity (Wildman–Crippen MR) is 106 cm³/mol. The second kappa shape index (κ2) is 11.4. The summed E-state index contributed by atoms with van der Waals surface area (Å²) in [6.07, 6.45) is 4.07. The van der Waals surface area contributed by atoms with Crippen LogP contribution >= 0.6 is 0 Å². The summed E-state index contributed by atoms with van der Waals surface area (Å²) >= 11 is 0. The Morgan fingerprint density at radius 3 is 2.86 bits per heavy atom. The van der Waals surface area contributed by atoms with Gasteiger partial charge in [-0.25, -0.2) is 4.39 Å². The van der Waals surface area contributed by atoms with Crippen LogP contribution in [0.1, 0.15) is 31.0 Å². The second-order valence-electron chi connectivity index (χ2n) is 6.93. The van der Waals surface area contributed by atoms with Crippen molar-refractivity contribution in [1.82, 2.24) is 4.57 Å². The molecule has 2 aromatic rings. The van der Waals surface area contributed by atoms with Crippen molar-refractivity contribution in [1.29, 1.82) is 0 Å². The number of halogens is 1. The number of benzene rings is 1. The monoisotopic (exact) mass is 389 g/mol. The topological polar surface area (TPSA) is 55.9 Å². The molecular formula is C22H30FN2O3+. The molecule has 0 aliphatic rings. The number of ether oxygens (including phenoxy) is 1. The molecule has 1 heterocycles. The number of aliphatic hydroxyl groups is 1. The van der Waals surface area contributed by atoms with Gasteiger partial charge in [-0.1, -0.05) is 31.7 Å². The highest BCUT2D eigenvalue weighted by molar-refractivity contribution is 5.69. The van der Waals surface area contributed by atoms with Crippen molar-refractivity contribution in [2.24, 2.45) is 0 Å². The third kappa shape index (κ3) is 6.94. The van der Waals surface area contributed by atoms with E-state index in [0.717, 1.165) is 17.0 Å². The smallest absolute Gasteiger partial charge is 0.305 e. The highest BCUT2D eigenvalue weighted by Crippen LogP contribution is 2.11. The minimum absolute atomic E-state index is 0.00425. The van der Waals surface area contributed by atoms with Gasteiger partial charge in [0.15, 0.2) is 0 Å². The van der Waals surface area contributed by atoms with Crippen molar-refractivity contribution in [3.63, 3.8) is 0 Å². The summed E-state index contributed by atoms with van der Waals surface area (Å²) < 4.78 is 21.1. The van der Waals surface area contributed by atoms with Crippen molar-refractivity contribution >= 4 is 5.97 Å². The molecule has 1 aromatic carbocycles. The molecule has 0 saturated carbocycles. The van der Waals surface area contributed by atoms with E-state index >= 15 is 0 Å². The van der Waals surface area contributed by atoms with Gasteiger partial charge < -0.3 is 19.3 Å². The first-order valence-corrected chi connectivity index (χ1v) is 9.69. The highest BCUT2D eigenvalue weighted by Gasteiger charge is 2.18. The minimum atomic E-state index is -0.745. The van der Waals surface area contributed by atoms with Crippen LogP contribution in [0.4, 0.5) is 4.39 Å². The molecule has 5 nitrogen and oxygen atoms in total. The van der Waals surface area contributed by atoms with Gasteiger partial charge >= 0.3 is 5.97 Å². The van der Waals surface area contributed by atoms with E-state index in [1.807, 2.05) is 35.9 Å². The van der Waals surface area contributed by atoms with Crippen molar-refractivity contribution in [3.8, 4) is 0 Å². The van der Waals surface area contributed by atoms with Crippen LogP contribution in [-0.4, -0.2) is 41.4 Å². The van der Waals surface area contributed by atoms with Gasteiger partial charge in [-0.2, -0.15) is 0 Å². The summed E-state index contributed by atoms with van der Waals surface area (Å²) in [4.78, 5) is 12.6. The van der Waals surface area contributed by atoms with Crippen molar-refractivity contribution in [2.45, 2.75) is 39.0 Å². The molecule has 28 heavy (non-hydrogen) atoms. The molecule has 2 N–H and O–H groups in total. The molecule has 0 aliphatic heterocycles. The fourth-order valence-corrected chi connectivity index (χ4v) is 3.12. The van der Waals surface area contributed by atoms with E-state index in [2.05, 4.69) is 6.58 Å². The third-order valence-corrected chi connectivity index (χ3v) is 4.50. The Hall–Kier alpha value is -2.44. The van der Waals surface area contributed by atoms with Crippen LogP contribution in [0.3, 0.4) is 0 Å². The molecule has 0 radical (unpaired) electrons. The quantitative estimate of drug-likeness (QED) is 0.431. The molecule has 2 atom stereocenters. The molecule has 152 valence electrons. The van der Waals surface area contributed by atoms with Crippen LogP contribution in [-0.2, 0) is 22.6 Å². The van der Waals surface area contributed by atoms with Crippen molar-refractivity contribution in [3.05, 3.63) is 72.3 Å². The summed E-state index contributed by atoms with van der Waals surface area (Å²) in [6, 6.07) is 10.7. The lowest BCUT2D eigenvalue weighted by Gasteiger charge is -2.22. The third-order valence-electron chi connectivity index (χ3n) is 4.50. The van der Waals surface area contributed by atoms with Gasteiger partial charge in [-0.05, 0) is 30.7 Å². The Morgan fingerprint density at radius 1 is 1.36 bits per heavy atom. The standard InChI is InChI=1S/C22H29FN2O3/c1-3-8-22(27)28-17-20(26)16-24(12-4-2)15-19-10-7-13-25(19)14-18-9-5-6-11-21(18)23/h4-7,9-11,13,20,26H,2-3,8,12,14-17H2,1H3/p+1/t20-/m0/s1. The van der Waals surface area contributed by atoms with Gasteiger partial charge in [0.05, 0.1) is 18.8 Å². The van der Waals surface area contributed by atoms with Gasteiger partial charge in [0, 0.05) is 18.2 Å². The van der Waals surface area contributed by atoms with E-state index in [0.29, 0.717) is 38.2 Å². The van der Waals surface area contributed by atoms with Gasteiger partial charge in [0.2, 0.25) is 0 Å². The minimum Gasteiger partial charge on any atom is -0.463 e. The molecule has 1 unspecified atom stereocenters. The second-order valence-corrected chi connectivity index (χ2v) is 6.93. The Balaban J connectivity index is 1.97. The fraction of sp³-hybridized carbons (Fsp3) is 0.409. The first-order chi connectivity index (χ1) is 13.5. The van der Waals surface area contributed by atoms with Crippen LogP contribution in [0.25, 0.3) is 0 Å². The number of carbonyl (C=O) groups excluding carboxylic acids is 1. The fourth-order valence-electron chi connectivity index (χ4n) is 3.12. The summed E-state index contributed by atoms with van der Waals surface area (Å²) in [5, 5.41) is 10.2. The van der Waals surface area contributed by atoms with E-state index in [-0.39, 0.29) is 18.4 Å². The van der Waals surface area contributed by atoms with Gasteiger partial charge in [-0.3, -0.25) is 4.79 Å². The average molecular weight is 389 g/mol. The Labute approximate surface area is 166 Å². The molecule has 2 rings (SSSR count). The number of quaternary nitrogens is 1. The van der Waals surface area contributed by atoms with Gasteiger partial charge in [-0.15, -0.1) is 0 Å². The number of aliphatic hydroxyl groups excluding tert-OH is 1. The largest absolute Gasteiger partial charge is 0.463 e. The van der Waals surface area contributed by atoms with Crippen LogP contribution in [0.15, 0.2) is 55.3 Å². The van der Waals surface area contributed by atoms with Gasteiger partial charge in [0.25, 0.3) is 0 Å². The molecular weight excluding hydrogens is 359 g/mol. The number of carbonyl (C=O) groups is 1. The van der Waals surface area contributed by atoms with E-state index in [1.54, 1.807) is 18.2 Å². The first-order valence-electron chi connectivity index (χ1n) is 9.69. The van der Waals surface area contributed by atoms with E-state index in [4.69, 9.17) is 4.74 Å². The normalized spacial score (nSPS) is 13.1. The zero-order chi connectivity index (χ0) is 20.4.